The normalized spacial score (nSPS) is 18.1. The zero-order chi connectivity index (χ0) is 13.1. The first kappa shape index (κ1) is 12.2. The van der Waals surface area contributed by atoms with Crippen LogP contribution in [0.4, 0.5) is 0 Å². The van der Waals surface area contributed by atoms with Crippen LogP contribution >= 0.6 is 0 Å². The first-order valence-electron chi connectivity index (χ1n) is 6.65. The summed E-state index contributed by atoms with van der Waals surface area (Å²) >= 11 is 0. The van der Waals surface area contributed by atoms with Crippen molar-refractivity contribution in [3.63, 3.8) is 0 Å². The van der Waals surface area contributed by atoms with Gasteiger partial charge in [0.25, 0.3) is 0 Å². The van der Waals surface area contributed by atoms with Gasteiger partial charge in [0.2, 0.25) is 5.88 Å². The third-order valence-corrected chi connectivity index (χ3v) is 3.61. The molecule has 1 aliphatic rings. The van der Waals surface area contributed by atoms with E-state index in [1.54, 1.807) is 13.4 Å². The third-order valence-electron chi connectivity index (χ3n) is 3.61. The fraction of sp³-hybridized carbons (Fsp3) is 0.400. The summed E-state index contributed by atoms with van der Waals surface area (Å²) in [6, 6.07) is 6.40. The second-order valence-electron chi connectivity index (χ2n) is 4.83. The SMILES string of the molecule is COc1ccc(CNC2CCCc3occc32)cn1. The molecule has 100 valence electrons. The van der Waals surface area contributed by atoms with E-state index in [0.29, 0.717) is 11.9 Å². The molecule has 0 saturated carbocycles. The van der Waals surface area contributed by atoms with Crippen LogP contribution in [0.3, 0.4) is 0 Å². The van der Waals surface area contributed by atoms with Gasteiger partial charge >= 0.3 is 0 Å². The number of pyridine rings is 1. The fourth-order valence-corrected chi connectivity index (χ4v) is 2.58. The third kappa shape index (κ3) is 2.63. The Morgan fingerprint density at radius 1 is 1.42 bits per heavy atom. The molecule has 0 amide bonds. The van der Waals surface area contributed by atoms with Crippen LogP contribution in [0.2, 0.25) is 0 Å². The van der Waals surface area contributed by atoms with Crippen molar-refractivity contribution in [1.82, 2.24) is 10.3 Å². The molecule has 4 heteroatoms. The standard InChI is InChI=1S/C15H18N2O2/c1-18-15-6-5-11(10-17-15)9-16-13-3-2-4-14-12(13)7-8-19-14/h5-8,10,13,16H,2-4,9H2,1H3. The molecular weight excluding hydrogens is 240 g/mol. The van der Waals surface area contributed by atoms with Gasteiger partial charge in [-0.25, -0.2) is 4.98 Å². The number of ether oxygens (including phenoxy) is 1. The van der Waals surface area contributed by atoms with Gasteiger partial charge < -0.3 is 14.5 Å². The van der Waals surface area contributed by atoms with Gasteiger partial charge in [-0.2, -0.15) is 0 Å². The van der Waals surface area contributed by atoms with Crippen molar-refractivity contribution in [2.45, 2.75) is 31.8 Å². The van der Waals surface area contributed by atoms with Gasteiger partial charge in [-0.3, -0.25) is 0 Å². The summed E-state index contributed by atoms with van der Waals surface area (Å²) in [4.78, 5) is 4.21. The Morgan fingerprint density at radius 2 is 2.37 bits per heavy atom. The molecule has 0 aliphatic heterocycles. The molecule has 1 unspecified atom stereocenters. The summed E-state index contributed by atoms with van der Waals surface area (Å²) in [5.41, 5.74) is 2.48. The van der Waals surface area contributed by atoms with Crippen LogP contribution in [-0.2, 0) is 13.0 Å². The molecule has 2 aromatic rings. The van der Waals surface area contributed by atoms with Crippen LogP contribution in [0.15, 0.2) is 35.1 Å². The molecule has 0 spiro atoms. The molecule has 1 atom stereocenters. The van der Waals surface area contributed by atoms with Gasteiger partial charge in [0, 0.05) is 36.8 Å². The molecule has 4 nitrogen and oxygen atoms in total. The quantitative estimate of drug-likeness (QED) is 0.916. The number of hydrogen-bond donors (Lipinski definition) is 1. The molecule has 0 bridgehead atoms. The smallest absolute Gasteiger partial charge is 0.212 e. The Kier molecular flexibility index (Phi) is 3.51. The Hall–Kier alpha value is -1.81. The van der Waals surface area contributed by atoms with Gasteiger partial charge in [0.15, 0.2) is 0 Å². The summed E-state index contributed by atoms with van der Waals surface area (Å²) in [7, 11) is 1.63. The van der Waals surface area contributed by atoms with Crippen LogP contribution in [-0.4, -0.2) is 12.1 Å². The Morgan fingerprint density at radius 3 is 3.16 bits per heavy atom. The minimum absolute atomic E-state index is 0.393. The van der Waals surface area contributed by atoms with Crippen molar-refractivity contribution < 1.29 is 9.15 Å². The molecule has 1 aliphatic carbocycles. The van der Waals surface area contributed by atoms with Gasteiger partial charge in [-0.1, -0.05) is 6.07 Å². The number of nitrogens with one attached hydrogen (secondary N) is 1. The highest BCUT2D eigenvalue weighted by molar-refractivity contribution is 5.24. The zero-order valence-electron chi connectivity index (χ0n) is 11.1. The van der Waals surface area contributed by atoms with E-state index >= 15 is 0 Å². The highest BCUT2D eigenvalue weighted by atomic mass is 16.5. The molecule has 2 aromatic heterocycles. The van der Waals surface area contributed by atoms with Gasteiger partial charge in [-0.15, -0.1) is 0 Å². The fourth-order valence-electron chi connectivity index (χ4n) is 2.58. The minimum Gasteiger partial charge on any atom is -0.481 e. The first-order chi connectivity index (χ1) is 9.36. The molecule has 1 N–H and O–H groups in total. The summed E-state index contributed by atoms with van der Waals surface area (Å²) in [5.74, 6) is 1.79. The predicted molar refractivity (Wildman–Crippen MR) is 72.0 cm³/mol. The molecule has 0 fully saturated rings. The number of aromatic nitrogens is 1. The van der Waals surface area contributed by atoms with Crippen LogP contribution < -0.4 is 10.1 Å². The Bertz CT molecular complexity index is 533. The number of furan rings is 1. The van der Waals surface area contributed by atoms with Crippen molar-refractivity contribution in [2.24, 2.45) is 0 Å². The first-order valence-corrected chi connectivity index (χ1v) is 6.65. The lowest BCUT2D eigenvalue weighted by molar-refractivity contribution is 0.396. The van der Waals surface area contributed by atoms with Crippen LogP contribution in [0.5, 0.6) is 5.88 Å². The molecular formula is C15H18N2O2. The van der Waals surface area contributed by atoms with Crippen molar-refractivity contribution in [2.75, 3.05) is 7.11 Å². The van der Waals surface area contributed by atoms with Crippen molar-refractivity contribution in [3.8, 4) is 5.88 Å². The van der Waals surface area contributed by atoms with Crippen molar-refractivity contribution >= 4 is 0 Å². The minimum atomic E-state index is 0.393. The predicted octanol–water partition coefficient (Wildman–Crippen LogP) is 2.85. The van der Waals surface area contributed by atoms with Gasteiger partial charge in [0.05, 0.1) is 13.4 Å². The van der Waals surface area contributed by atoms with Gasteiger partial charge in [-0.05, 0) is 24.5 Å². The van der Waals surface area contributed by atoms with E-state index in [-0.39, 0.29) is 0 Å². The summed E-state index contributed by atoms with van der Waals surface area (Å²) < 4.78 is 10.6. The average molecular weight is 258 g/mol. The molecule has 3 rings (SSSR count). The molecule has 0 aromatic carbocycles. The number of methoxy groups -OCH3 is 1. The van der Waals surface area contributed by atoms with Gasteiger partial charge in [0.1, 0.15) is 5.76 Å². The number of aryl methyl sites for hydroxylation is 1. The van der Waals surface area contributed by atoms with E-state index in [0.717, 1.165) is 30.7 Å². The lowest BCUT2D eigenvalue weighted by atomic mass is 9.93. The van der Waals surface area contributed by atoms with E-state index in [1.807, 2.05) is 18.3 Å². The maximum atomic E-state index is 5.50. The summed E-state index contributed by atoms with van der Waals surface area (Å²) in [5, 5.41) is 3.58. The van der Waals surface area contributed by atoms with E-state index in [9.17, 15) is 0 Å². The summed E-state index contributed by atoms with van der Waals surface area (Å²) in [6.07, 6.45) is 7.05. The van der Waals surface area contributed by atoms with Crippen molar-refractivity contribution in [3.05, 3.63) is 47.5 Å². The van der Waals surface area contributed by atoms with E-state index in [1.165, 1.54) is 12.0 Å². The number of fused-ring (bicyclic) bond motifs is 1. The van der Waals surface area contributed by atoms with E-state index < -0.39 is 0 Å². The number of nitrogens with zero attached hydrogens (tertiary/aromatic N) is 1. The number of rotatable bonds is 4. The monoisotopic (exact) mass is 258 g/mol. The van der Waals surface area contributed by atoms with Crippen LogP contribution in [0, 0.1) is 0 Å². The number of hydrogen-bond acceptors (Lipinski definition) is 4. The molecule has 2 heterocycles. The van der Waals surface area contributed by atoms with Crippen molar-refractivity contribution in [1.29, 1.82) is 0 Å². The van der Waals surface area contributed by atoms with E-state index in [4.69, 9.17) is 9.15 Å². The highest BCUT2D eigenvalue weighted by Crippen LogP contribution is 2.30. The van der Waals surface area contributed by atoms with E-state index in [2.05, 4.69) is 16.4 Å². The largest absolute Gasteiger partial charge is 0.481 e. The van der Waals surface area contributed by atoms with Crippen LogP contribution in [0.1, 0.15) is 35.8 Å². The molecule has 0 radical (unpaired) electrons. The Labute approximate surface area is 112 Å². The second kappa shape index (κ2) is 5.45. The van der Waals surface area contributed by atoms with Crippen LogP contribution in [0.25, 0.3) is 0 Å². The molecule has 0 saturated heterocycles. The Balaban J connectivity index is 1.64. The average Bonchev–Trinajstić information content (AvgIpc) is 2.94. The topological polar surface area (TPSA) is 47.3 Å². The lowest BCUT2D eigenvalue weighted by Crippen LogP contribution is -2.24. The lowest BCUT2D eigenvalue weighted by Gasteiger charge is -2.22. The zero-order valence-corrected chi connectivity index (χ0v) is 11.1. The highest BCUT2D eigenvalue weighted by Gasteiger charge is 2.21. The molecule has 19 heavy (non-hydrogen) atoms. The second-order valence-corrected chi connectivity index (χ2v) is 4.83. The maximum absolute atomic E-state index is 5.50. The maximum Gasteiger partial charge on any atom is 0.212 e. The summed E-state index contributed by atoms with van der Waals surface area (Å²) in [6.45, 7) is 0.812.